The zero-order valence-corrected chi connectivity index (χ0v) is 11.2. The maximum absolute atomic E-state index is 11.7. The number of carbonyl (C=O) groups excluding carboxylic acids is 1. The molecule has 0 radical (unpaired) electrons. The number of hydrogen-bond donors (Lipinski definition) is 3. The van der Waals surface area contributed by atoms with Crippen molar-refractivity contribution in [2.75, 3.05) is 6.54 Å². The van der Waals surface area contributed by atoms with Crippen molar-refractivity contribution in [2.24, 2.45) is 5.92 Å². The van der Waals surface area contributed by atoms with Gasteiger partial charge in [0.15, 0.2) is 0 Å². The van der Waals surface area contributed by atoms with Crippen molar-refractivity contribution in [2.45, 2.75) is 64.6 Å². The fraction of sp³-hybridized carbons (Fsp3) is 0.923. The van der Waals surface area contributed by atoms with Crippen LogP contribution in [0, 0.1) is 5.92 Å². The number of hydrogen-bond acceptors (Lipinski definition) is 3. The molecule has 3 N–H and O–H groups in total. The van der Waals surface area contributed by atoms with Gasteiger partial charge in [0.2, 0.25) is 5.91 Å². The van der Waals surface area contributed by atoms with Gasteiger partial charge in [-0.15, -0.1) is 0 Å². The molecule has 0 heterocycles. The predicted octanol–water partition coefficient (Wildman–Crippen LogP) is 1.04. The van der Waals surface area contributed by atoms with E-state index in [4.69, 9.17) is 0 Å². The Balaban J connectivity index is 2.19. The SMILES string of the molecule is CC(C)NC(=O)C(C)NCC1CCC(O)CC1. The van der Waals surface area contributed by atoms with Crippen LogP contribution in [0.1, 0.15) is 46.5 Å². The maximum Gasteiger partial charge on any atom is 0.237 e. The van der Waals surface area contributed by atoms with Crippen LogP contribution in [0.4, 0.5) is 0 Å². The molecule has 0 aromatic rings. The third-order valence-corrected chi connectivity index (χ3v) is 3.35. The van der Waals surface area contributed by atoms with Crippen LogP contribution in [0.15, 0.2) is 0 Å². The molecular formula is C13H26N2O2. The second kappa shape index (κ2) is 6.97. The summed E-state index contributed by atoms with van der Waals surface area (Å²) in [5, 5.41) is 15.6. The zero-order chi connectivity index (χ0) is 12.8. The van der Waals surface area contributed by atoms with Crippen molar-refractivity contribution < 1.29 is 9.90 Å². The summed E-state index contributed by atoms with van der Waals surface area (Å²) in [4.78, 5) is 11.7. The molecule has 17 heavy (non-hydrogen) atoms. The van der Waals surface area contributed by atoms with E-state index in [1.54, 1.807) is 0 Å². The average Bonchev–Trinajstić information content (AvgIpc) is 2.27. The number of aliphatic hydroxyl groups is 1. The molecule has 0 bridgehead atoms. The van der Waals surface area contributed by atoms with Crippen LogP contribution in [0.25, 0.3) is 0 Å². The molecule has 0 aromatic heterocycles. The predicted molar refractivity (Wildman–Crippen MR) is 68.7 cm³/mol. The first-order valence-corrected chi connectivity index (χ1v) is 6.71. The van der Waals surface area contributed by atoms with E-state index >= 15 is 0 Å². The Morgan fingerprint density at radius 2 is 1.82 bits per heavy atom. The topological polar surface area (TPSA) is 61.4 Å². The van der Waals surface area contributed by atoms with Gasteiger partial charge < -0.3 is 15.7 Å². The van der Waals surface area contributed by atoms with Crippen LogP contribution >= 0.6 is 0 Å². The normalized spacial score (nSPS) is 26.9. The van der Waals surface area contributed by atoms with Crippen LogP contribution in [0.2, 0.25) is 0 Å². The molecule has 1 aliphatic rings. The summed E-state index contributed by atoms with van der Waals surface area (Å²) in [7, 11) is 0. The smallest absolute Gasteiger partial charge is 0.237 e. The monoisotopic (exact) mass is 242 g/mol. The highest BCUT2D eigenvalue weighted by molar-refractivity contribution is 5.81. The summed E-state index contributed by atoms with van der Waals surface area (Å²) >= 11 is 0. The number of nitrogens with one attached hydrogen (secondary N) is 2. The third kappa shape index (κ3) is 5.50. The molecule has 4 heteroatoms. The van der Waals surface area contributed by atoms with E-state index in [1.165, 1.54) is 0 Å². The quantitative estimate of drug-likeness (QED) is 0.675. The Hall–Kier alpha value is -0.610. The van der Waals surface area contributed by atoms with E-state index in [1.807, 2.05) is 20.8 Å². The van der Waals surface area contributed by atoms with Gasteiger partial charge in [0.1, 0.15) is 0 Å². The lowest BCUT2D eigenvalue weighted by Gasteiger charge is -2.26. The van der Waals surface area contributed by atoms with Gasteiger partial charge in [-0.1, -0.05) is 0 Å². The minimum Gasteiger partial charge on any atom is -0.393 e. The largest absolute Gasteiger partial charge is 0.393 e. The van der Waals surface area contributed by atoms with E-state index in [0.717, 1.165) is 32.2 Å². The molecule has 1 aliphatic carbocycles. The van der Waals surface area contributed by atoms with E-state index in [9.17, 15) is 9.90 Å². The number of carbonyl (C=O) groups is 1. The van der Waals surface area contributed by atoms with Crippen molar-refractivity contribution in [3.05, 3.63) is 0 Å². The summed E-state index contributed by atoms with van der Waals surface area (Å²) in [6.45, 7) is 6.70. The van der Waals surface area contributed by atoms with Crippen LogP contribution in [-0.2, 0) is 4.79 Å². The molecule has 100 valence electrons. The lowest BCUT2D eigenvalue weighted by atomic mass is 9.87. The van der Waals surface area contributed by atoms with Crippen molar-refractivity contribution in [3.63, 3.8) is 0 Å². The average molecular weight is 242 g/mol. The fourth-order valence-electron chi connectivity index (χ4n) is 2.19. The van der Waals surface area contributed by atoms with Crippen LogP contribution < -0.4 is 10.6 Å². The van der Waals surface area contributed by atoms with Gasteiger partial charge in [-0.3, -0.25) is 4.79 Å². The number of amides is 1. The van der Waals surface area contributed by atoms with Crippen LogP contribution in [0.5, 0.6) is 0 Å². The van der Waals surface area contributed by atoms with Gasteiger partial charge in [0, 0.05) is 6.04 Å². The summed E-state index contributed by atoms with van der Waals surface area (Å²) < 4.78 is 0. The molecule has 1 atom stereocenters. The molecule has 1 rings (SSSR count). The molecule has 0 aromatic carbocycles. The minimum absolute atomic E-state index is 0.0656. The Bertz CT molecular complexity index is 236. The second-order valence-electron chi connectivity index (χ2n) is 5.47. The van der Waals surface area contributed by atoms with Crippen molar-refractivity contribution in [3.8, 4) is 0 Å². The van der Waals surface area contributed by atoms with Gasteiger partial charge in [-0.2, -0.15) is 0 Å². The van der Waals surface area contributed by atoms with Gasteiger partial charge in [0.25, 0.3) is 0 Å². The second-order valence-corrected chi connectivity index (χ2v) is 5.47. The van der Waals surface area contributed by atoms with E-state index < -0.39 is 0 Å². The van der Waals surface area contributed by atoms with E-state index in [0.29, 0.717) is 5.92 Å². The molecule has 1 fully saturated rings. The maximum atomic E-state index is 11.7. The molecule has 1 amide bonds. The first-order valence-electron chi connectivity index (χ1n) is 6.71. The molecule has 0 aliphatic heterocycles. The highest BCUT2D eigenvalue weighted by Gasteiger charge is 2.21. The molecule has 0 saturated heterocycles. The lowest BCUT2D eigenvalue weighted by Crippen LogP contribution is -2.46. The Morgan fingerprint density at radius 1 is 1.24 bits per heavy atom. The molecule has 4 nitrogen and oxygen atoms in total. The van der Waals surface area contributed by atoms with Gasteiger partial charge >= 0.3 is 0 Å². The van der Waals surface area contributed by atoms with Gasteiger partial charge in [-0.05, 0) is 58.9 Å². The molecular weight excluding hydrogens is 216 g/mol. The Kier molecular flexibility index (Phi) is 5.92. The summed E-state index contributed by atoms with van der Waals surface area (Å²) in [5.74, 6) is 0.670. The first-order chi connectivity index (χ1) is 7.99. The highest BCUT2D eigenvalue weighted by Crippen LogP contribution is 2.23. The summed E-state index contributed by atoms with van der Waals surface area (Å²) in [6.07, 6.45) is 3.82. The summed E-state index contributed by atoms with van der Waals surface area (Å²) in [5.41, 5.74) is 0. The highest BCUT2D eigenvalue weighted by atomic mass is 16.3. The zero-order valence-electron chi connectivity index (χ0n) is 11.2. The molecule has 0 spiro atoms. The van der Waals surface area contributed by atoms with Crippen molar-refractivity contribution >= 4 is 5.91 Å². The molecule has 1 unspecified atom stereocenters. The summed E-state index contributed by atoms with van der Waals surface area (Å²) in [6, 6.07) is 0.0563. The van der Waals surface area contributed by atoms with Crippen LogP contribution in [-0.4, -0.2) is 35.7 Å². The Morgan fingerprint density at radius 3 is 2.35 bits per heavy atom. The van der Waals surface area contributed by atoms with E-state index in [-0.39, 0.29) is 24.1 Å². The fourth-order valence-corrected chi connectivity index (χ4v) is 2.19. The first kappa shape index (κ1) is 14.5. The molecule has 1 saturated carbocycles. The van der Waals surface area contributed by atoms with Crippen molar-refractivity contribution in [1.29, 1.82) is 0 Å². The Labute approximate surface area is 104 Å². The number of aliphatic hydroxyl groups excluding tert-OH is 1. The standard InChI is InChI=1S/C13H26N2O2/c1-9(2)15-13(17)10(3)14-8-11-4-6-12(16)7-5-11/h9-12,14,16H,4-8H2,1-3H3,(H,15,17). The van der Waals surface area contributed by atoms with Crippen molar-refractivity contribution in [1.82, 2.24) is 10.6 Å². The minimum atomic E-state index is -0.135. The third-order valence-electron chi connectivity index (χ3n) is 3.35. The lowest BCUT2D eigenvalue weighted by molar-refractivity contribution is -0.123. The number of rotatable bonds is 5. The van der Waals surface area contributed by atoms with E-state index in [2.05, 4.69) is 10.6 Å². The van der Waals surface area contributed by atoms with Gasteiger partial charge in [-0.25, -0.2) is 0 Å². The van der Waals surface area contributed by atoms with Crippen LogP contribution in [0.3, 0.4) is 0 Å². The van der Waals surface area contributed by atoms with Gasteiger partial charge in [0.05, 0.1) is 12.1 Å².